The van der Waals surface area contributed by atoms with E-state index in [1.165, 1.54) is 22.6 Å². The monoisotopic (exact) mass is 469 g/mol. The van der Waals surface area contributed by atoms with Gasteiger partial charge in [0.15, 0.2) is 5.67 Å². The molecular formula is C26H29F2N3O3. The maximum atomic E-state index is 15.6. The van der Waals surface area contributed by atoms with Crippen LogP contribution in [0.25, 0.3) is 0 Å². The van der Waals surface area contributed by atoms with Gasteiger partial charge in [-0.2, -0.15) is 0 Å². The second kappa shape index (κ2) is 8.25. The summed E-state index contributed by atoms with van der Waals surface area (Å²) in [6.45, 7) is 5.96. The Hall–Kier alpha value is -3.16. The lowest BCUT2D eigenvalue weighted by atomic mass is 9.88. The van der Waals surface area contributed by atoms with Gasteiger partial charge in [-0.25, -0.2) is 18.6 Å². The van der Waals surface area contributed by atoms with Crippen molar-refractivity contribution in [2.24, 2.45) is 4.99 Å². The highest BCUT2D eigenvalue weighted by atomic mass is 19.1. The highest BCUT2D eigenvalue weighted by Crippen LogP contribution is 2.39. The molecule has 1 amide bonds. The molecule has 5 rings (SSSR count). The summed E-state index contributed by atoms with van der Waals surface area (Å²) in [5.41, 5.74) is 0.949. The Bertz CT molecular complexity index is 1110. The van der Waals surface area contributed by atoms with E-state index in [9.17, 15) is 9.18 Å². The SMILES string of the molecule is CC(C)(C)OC(=O)N1CC(F)(C2COC(N3CCc4ccccc4[C@@H]3c3ccc(F)cc3)=N2)C1. The van der Waals surface area contributed by atoms with E-state index >= 15 is 4.39 Å². The minimum atomic E-state index is -1.66. The molecule has 8 heteroatoms. The number of aliphatic imine (C=N–C) groups is 1. The van der Waals surface area contributed by atoms with Gasteiger partial charge in [0.1, 0.15) is 24.1 Å². The molecule has 2 aromatic carbocycles. The zero-order valence-electron chi connectivity index (χ0n) is 19.6. The van der Waals surface area contributed by atoms with Crippen LogP contribution < -0.4 is 0 Å². The number of benzene rings is 2. The van der Waals surface area contributed by atoms with E-state index in [1.54, 1.807) is 32.9 Å². The Morgan fingerprint density at radius 2 is 1.85 bits per heavy atom. The second-order valence-electron chi connectivity index (χ2n) is 10.2. The topological polar surface area (TPSA) is 54.4 Å². The fraction of sp³-hybridized carbons (Fsp3) is 0.462. The van der Waals surface area contributed by atoms with Gasteiger partial charge in [0, 0.05) is 6.54 Å². The van der Waals surface area contributed by atoms with Crippen LogP contribution in [0.15, 0.2) is 53.5 Å². The summed E-state index contributed by atoms with van der Waals surface area (Å²) in [4.78, 5) is 20.3. The largest absolute Gasteiger partial charge is 0.463 e. The summed E-state index contributed by atoms with van der Waals surface area (Å²) in [5, 5.41) is 0. The molecule has 1 unspecified atom stereocenters. The van der Waals surface area contributed by atoms with Gasteiger partial charge in [0.2, 0.25) is 0 Å². The number of nitrogens with zero attached hydrogens (tertiary/aromatic N) is 3. The van der Waals surface area contributed by atoms with E-state index in [4.69, 9.17) is 9.47 Å². The minimum Gasteiger partial charge on any atom is -0.463 e. The normalized spacial score (nSPS) is 23.5. The standard InChI is InChI=1S/C26H29F2N3O3/c1-25(2,3)34-24(32)30-15-26(28,16-30)21-14-33-23(29-21)31-13-12-17-6-4-5-7-20(17)22(31)18-8-10-19(27)11-9-18/h4-11,21-22H,12-16H2,1-3H3/t21?,22-/m0/s1. The number of amidine groups is 1. The number of ether oxygens (including phenoxy) is 2. The van der Waals surface area contributed by atoms with Crippen molar-refractivity contribution in [3.63, 3.8) is 0 Å². The lowest BCUT2D eigenvalue weighted by Gasteiger charge is -2.45. The first-order chi connectivity index (χ1) is 16.1. The molecule has 0 bridgehead atoms. The third kappa shape index (κ3) is 4.21. The first-order valence-corrected chi connectivity index (χ1v) is 11.6. The summed E-state index contributed by atoms with van der Waals surface area (Å²) in [6.07, 6.45) is 0.279. The van der Waals surface area contributed by atoms with Gasteiger partial charge in [0.25, 0.3) is 6.02 Å². The average Bonchev–Trinajstić information content (AvgIpc) is 3.26. The van der Waals surface area contributed by atoms with Gasteiger partial charge in [-0.3, -0.25) is 0 Å². The molecule has 0 spiro atoms. The van der Waals surface area contributed by atoms with E-state index in [0.717, 1.165) is 17.5 Å². The van der Waals surface area contributed by atoms with E-state index < -0.39 is 23.4 Å². The Morgan fingerprint density at radius 3 is 2.56 bits per heavy atom. The van der Waals surface area contributed by atoms with Crippen molar-refractivity contribution >= 4 is 12.1 Å². The number of carbonyl (C=O) groups excluding carboxylic acids is 1. The fourth-order valence-corrected chi connectivity index (χ4v) is 4.82. The lowest BCUT2D eigenvalue weighted by molar-refractivity contribution is -0.0640. The van der Waals surface area contributed by atoms with Crippen molar-refractivity contribution in [3.05, 3.63) is 71.0 Å². The lowest BCUT2D eigenvalue weighted by Crippen LogP contribution is -2.66. The first kappa shape index (κ1) is 22.6. The van der Waals surface area contributed by atoms with Crippen molar-refractivity contribution in [2.75, 3.05) is 26.2 Å². The zero-order valence-corrected chi connectivity index (χ0v) is 19.6. The summed E-state index contributed by atoms with van der Waals surface area (Å²) in [6, 6.07) is 14.1. The molecule has 0 saturated carbocycles. The maximum absolute atomic E-state index is 15.6. The molecule has 0 radical (unpaired) electrons. The van der Waals surface area contributed by atoms with Gasteiger partial charge in [-0.15, -0.1) is 0 Å². The van der Waals surface area contributed by atoms with Crippen LogP contribution in [0.2, 0.25) is 0 Å². The smallest absolute Gasteiger partial charge is 0.410 e. The minimum absolute atomic E-state index is 0.0725. The Balaban J connectivity index is 1.36. The predicted octanol–water partition coefficient (Wildman–Crippen LogP) is 4.49. The Kier molecular flexibility index (Phi) is 5.49. The first-order valence-electron chi connectivity index (χ1n) is 11.6. The van der Waals surface area contributed by atoms with Gasteiger partial charge >= 0.3 is 6.09 Å². The third-order valence-corrected chi connectivity index (χ3v) is 6.51. The second-order valence-corrected chi connectivity index (χ2v) is 10.2. The molecule has 2 atom stereocenters. The molecular weight excluding hydrogens is 440 g/mol. The molecule has 34 heavy (non-hydrogen) atoms. The summed E-state index contributed by atoms with van der Waals surface area (Å²) < 4.78 is 40.5. The van der Waals surface area contributed by atoms with E-state index in [-0.39, 0.29) is 31.6 Å². The van der Waals surface area contributed by atoms with Crippen LogP contribution >= 0.6 is 0 Å². The molecule has 3 aliphatic rings. The van der Waals surface area contributed by atoms with Crippen LogP contribution in [0.3, 0.4) is 0 Å². The quantitative estimate of drug-likeness (QED) is 0.651. The molecule has 3 heterocycles. The molecule has 0 aliphatic carbocycles. The Morgan fingerprint density at radius 1 is 1.15 bits per heavy atom. The van der Waals surface area contributed by atoms with Gasteiger partial charge < -0.3 is 19.3 Å². The van der Waals surface area contributed by atoms with Crippen molar-refractivity contribution in [3.8, 4) is 0 Å². The summed E-state index contributed by atoms with van der Waals surface area (Å²) >= 11 is 0. The van der Waals surface area contributed by atoms with Crippen LogP contribution in [-0.4, -0.2) is 65.5 Å². The van der Waals surface area contributed by atoms with Crippen LogP contribution in [0, 0.1) is 5.82 Å². The highest BCUT2D eigenvalue weighted by Gasteiger charge is 2.55. The highest BCUT2D eigenvalue weighted by molar-refractivity contribution is 5.78. The number of rotatable bonds is 2. The van der Waals surface area contributed by atoms with Crippen molar-refractivity contribution in [1.29, 1.82) is 0 Å². The number of hydrogen-bond donors (Lipinski definition) is 0. The molecule has 2 aromatic rings. The average molecular weight is 470 g/mol. The number of likely N-dealkylation sites (tertiary alicyclic amines) is 1. The van der Waals surface area contributed by atoms with Crippen LogP contribution in [0.1, 0.15) is 43.5 Å². The number of carbonyl (C=O) groups is 1. The van der Waals surface area contributed by atoms with Crippen molar-refractivity contribution in [1.82, 2.24) is 9.80 Å². The van der Waals surface area contributed by atoms with Crippen molar-refractivity contribution in [2.45, 2.75) is 50.5 Å². The Labute approximate surface area is 198 Å². The van der Waals surface area contributed by atoms with Crippen molar-refractivity contribution < 1.29 is 23.0 Å². The fourth-order valence-electron chi connectivity index (χ4n) is 4.82. The third-order valence-electron chi connectivity index (χ3n) is 6.51. The molecule has 3 aliphatic heterocycles. The molecule has 1 fully saturated rings. The van der Waals surface area contributed by atoms with Gasteiger partial charge in [-0.05, 0) is 56.0 Å². The summed E-state index contributed by atoms with van der Waals surface area (Å²) in [7, 11) is 0. The number of hydrogen-bond acceptors (Lipinski definition) is 5. The zero-order chi connectivity index (χ0) is 24.1. The molecule has 0 aromatic heterocycles. The molecule has 180 valence electrons. The van der Waals surface area contributed by atoms with Crippen LogP contribution in [0.5, 0.6) is 0 Å². The summed E-state index contributed by atoms with van der Waals surface area (Å²) in [5.74, 6) is -0.298. The van der Waals surface area contributed by atoms with Gasteiger partial charge in [0.05, 0.1) is 19.1 Å². The number of halogens is 2. The predicted molar refractivity (Wildman–Crippen MR) is 124 cm³/mol. The molecule has 1 saturated heterocycles. The number of amides is 1. The van der Waals surface area contributed by atoms with Gasteiger partial charge in [-0.1, -0.05) is 36.4 Å². The van der Waals surface area contributed by atoms with Crippen LogP contribution in [-0.2, 0) is 15.9 Å². The van der Waals surface area contributed by atoms with E-state index in [0.29, 0.717) is 12.6 Å². The molecule has 0 N–H and O–H groups in total. The van der Waals surface area contributed by atoms with Crippen LogP contribution in [0.4, 0.5) is 13.6 Å². The number of alkyl halides is 1. The van der Waals surface area contributed by atoms with E-state index in [1.807, 2.05) is 17.0 Å². The maximum Gasteiger partial charge on any atom is 0.410 e. The van der Waals surface area contributed by atoms with E-state index in [2.05, 4.69) is 17.1 Å². The number of fused-ring (bicyclic) bond motifs is 1. The molecule has 6 nitrogen and oxygen atoms in total.